The molecule has 0 heterocycles. The molecule has 0 saturated carbocycles. The number of amides is 1. The lowest BCUT2D eigenvalue weighted by molar-refractivity contribution is -0.682. The Labute approximate surface area is 146 Å². The predicted molar refractivity (Wildman–Crippen MR) is 91.8 cm³/mol. The van der Waals surface area contributed by atoms with Gasteiger partial charge in [-0.1, -0.05) is 24.3 Å². The number of quaternary nitrogens is 1. The predicted octanol–water partition coefficient (Wildman–Crippen LogP) is 2.78. The topological polar surface area (TPSA) is 45.7 Å². The number of carbonyl (C=O) groups is 1. The van der Waals surface area contributed by atoms with Crippen LogP contribution < -0.4 is 10.6 Å². The number of rotatable bonds is 5. The molecule has 3 nitrogen and oxygen atoms in total. The van der Waals surface area contributed by atoms with Crippen LogP contribution in [0.25, 0.3) is 0 Å². The third kappa shape index (κ3) is 4.23. The highest BCUT2D eigenvalue weighted by Gasteiger charge is 2.22. The zero-order valence-corrected chi connectivity index (χ0v) is 14.3. The van der Waals surface area contributed by atoms with Gasteiger partial charge < -0.3 is 10.6 Å². The molecule has 2 atom stereocenters. The molecule has 2 aromatic rings. The van der Waals surface area contributed by atoms with E-state index >= 15 is 0 Å². The summed E-state index contributed by atoms with van der Waals surface area (Å²) in [5.74, 6) is -1.25. The van der Waals surface area contributed by atoms with E-state index in [1.165, 1.54) is 23.3 Å². The molecule has 1 aliphatic carbocycles. The van der Waals surface area contributed by atoms with E-state index in [-0.39, 0.29) is 24.5 Å². The van der Waals surface area contributed by atoms with Crippen LogP contribution in [-0.4, -0.2) is 12.5 Å². The number of fused-ring (bicyclic) bond motifs is 1. The van der Waals surface area contributed by atoms with Gasteiger partial charge in [0, 0.05) is 11.6 Å². The van der Waals surface area contributed by atoms with Crippen molar-refractivity contribution in [2.24, 2.45) is 0 Å². The average Bonchev–Trinajstić information content (AvgIpc) is 2.60. The van der Waals surface area contributed by atoms with E-state index in [4.69, 9.17) is 0 Å². The van der Waals surface area contributed by atoms with Crippen LogP contribution in [0, 0.1) is 11.6 Å². The quantitative estimate of drug-likeness (QED) is 0.860. The van der Waals surface area contributed by atoms with Crippen molar-refractivity contribution in [3.63, 3.8) is 0 Å². The fraction of sp³-hybridized carbons (Fsp3) is 0.350. The van der Waals surface area contributed by atoms with Gasteiger partial charge in [-0.05, 0) is 49.4 Å². The summed E-state index contributed by atoms with van der Waals surface area (Å²) in [6.45, 7) is 2.01. The number of hydrogen-bond acceptors (Lipinski definition) is 1. The second-order valence-electron chi connectivity index (χ2n) is 6.61. The third-order valence-corrected chi connectivity index (χ3v) is 4.81. The maximum Gasteiger partial charge on any atom is 0.275 e. The maximum atomic E-state index is 13.8. The Balaban J connectivity index is 1.57. The summed E-state index contributed by atoms with van der Waals surface area (Å²) in [6.07, 6.45) is 3.04. The van der Waals surface area contributed by atoms with Crippen LogP contribution in [0.4, 0.5) is 8.78 Å². The molecule has 0 saturated heterocycles. The van der Waals surface area contributed by atoms with Crippen molar-refractivity contribution >= 4 is 5.91 Å². The fourth-order valence-electron chi connectivity index (χ4n) is 3.44. The van der Waals surface area contributed by atoms with Crippen LogP contribution in [0.15, 0.2) is 42.5 Å². The molecule has 3 N–H and O–H groups in total. The minimum atomic E-state index is -0.595. The zero-order valence-electron chi connectivity index (χ0n) is 14.3. The molecule has 1 amide bonds. The second kappa shape index (κ2) is 7.74. The summed E-state index contributed by atoms with van der Waals surface area (Å²) in [4.78, 5) is 12.3. The first kappa shape index (κ1) is 17.5. The smallest absolute Gasteiger partial charge is 0.275 e. The summed E-state index contributed by atoms with van der Waals surface area (Å²) in [6, 6.07) is 11.5. The lowest BCUT2D eigenvalue weighted by atomic mass is 9.88. The molecule has 0 aromatic heterocycles. The van der Waals surface area contributed by atoms with Crippen molar-refractivity contribution in [3.05, 3.63) is 70.8 Å². The van der Waals surface area contributed by atoms with Gasteiger partial charge in [0.25, 0.3) is 5.91 Å². The number of halogens is 2. The number of nitrogens with two attached hydrogens (primary N) is 1. The third-order valence-electron chi connectivity index (χ3n) is 4.81. The van der Waals surface area contributed by atoms with E-state index in [1.54, 1.807) is 12.2 Å². The average molecular weight is 345 g/mol. The van der Waals surface area contributed by atoms with Gasteiger partial charge in [0.1, 0.15) is 17.7 Å². The molecular weight excluding hydrogens is 322 g/mol. The molecule has 5 heteroatoms. The van der Waals surface area contributed by atoms with Crippen LogP contribution in [0.3, 0.4) is 0 Å². The molecular formula is C20H23F2N2O+. The van der Waals surface area contributed by atoms with Crippen molar-refractivity contribution < 1.29 is 18.9 Å². The van der Waals surface area contributed by atoms with E-state index in [0.717, 1.165) is 25.3 Å². The minimum Gasteiger partial charge on any atom is -0.344 e. The highest BCUT2D eigenvalue weighted by atomic mass is 19.1. The Kier molecular flexibility index (Phi) is 5.43. The Morgan fingerprint density at radius 2 is 2.08 bits per heavy atom. The standard InChI is InChI=1S/C20H22F2N2O/c1-13(16-10-9-15(21)11-18(16)22)23-12-20(25)24-19-8-4-6-14-5-2-3-7-17(14)19/h2-3,5,7,9-11,13,19,23H,4,6,8,12H2,1H3,(H,24,25)/p+1/t13-,19+/m1/s1. The molecule has 1 aliphatic rings. The lowest BCUT2D eigenvalue weighted by Crippen LogP contribution is -2.87. The summed E-state index contributed by atoms with van der Waals surface area (Å²) in [5.41, 5.74) is 2.89. The first-order valence-corrected chi connectivity index (χ1v) is 8.70. The molecule has 0 aliphatic heterocycles. The summed E-state index contributed by atoms with van der Waals surface area (Å²) in [7, 11) is 0. The molecule has 0 bridgehead atoms. The van der Waals surface area contributed by atoms with Gasteiger partial charge in [-0.15, -0.1) is 0 Å². The molecule has 2 aromatic carbocycles. The molecule has 0 unspecified atom stereocenters. The minimum absolute atomic E-state index is 0.0451. The van der Waals surface area contributed by atoms with Gasteiger partial charge in [-0.3, -0.25) is 4.79 Å². The fourth-order valence-corrected chi connectivity index (χ4v) is 3.44. The molecule has 0 fully saturated rings. The molecule has 132 valence electrons. The molecule has 3 rings (SSSR count). The number of carbonyl (C=O) groups excluding carboxylic acids is 1. The number of aryl methyl sites for hydroxylation is 1. The van der Waals surface area contributed by atoms with Gasteiger partial charge in [-0.25, -0.2) is 8.78 Å². The van der Waals surface area contributed by atoms with E-state index in [2.05, 4.69) is 17.4 Å². The normalized spacial score (nSPS) is 17.6. The van der Waals surface area contributed by atoms with E-state index < -0.39 is 11.6 Å². The zero-order chi connectivity index (χ0) is 17.8. The Morgan fingerprint density at radius 1 is 1.28 bits per heavy atom. The van der Waals surface area contributed by atoms with Crippen LogP contribution in [-0.2, 0) is 11.2 Å². The first-order valence-electron chi connectivity index (χ1n) is 8.70. The van der Waals surface area contributed by atoms with Crippen molar-refractivity contribution in [2.45, 2.75) is 38.3 Å². The Hall–Kier alpha value is -2.27. The maximum absolute atomic E-state index is 13.8. The highest BCUT2D eigenvalue weighted by Crippen LogP contribution is 2.29. The second-order valence-corrected chi connectivity index (χ2v) is 6.61. The molecule has 0 spiro atoms. The van der Waals surface area contributed by atoms with E-state index in [1.807, 2.05) is 12.1 Å². The van der Waals surface area contributed by atoms with Gasteiger partial charge in [0.2, 0.25) is 0 Å². The Bertz CT molecular complexity index is 763. The van der Waals surface area contributed by atoms with Crippen LogP contribution in [0.5, 0.6) is 0 Å². The molecule has 25 heavy (non-hydrogen) atoms. The van der Waals surface area contributed by atoms with Crippen molar-refractivity contribution in [2.75, 3.05) is 6.54 Å². The molecule has 0 radical (unpaired) electrons. The van der Waals surface area contributed by atoms with Crippen molar-refractivity contribution in [3.8, 4) is 0 Å². The van der Waals surface area contributed by atoms with Gasteiger partial charge in [-0.2, -0.15) is 0 Å². The number of nitrogens with one attached hydrogen (secondary N) is 1. The van der Waals surface area contributed by atoms with Crippen molar-refractivity contribution in [1.82, 2.24) is 5.32 Å². The first-order chi connectivity index (χ1) is 12.0. The summed E-state index contributed by atoms with van der Waals surface area (Å²) in [5, 5.41) is 4.85. The van der Waals surface area contributed by atoms with Gasteiger partial charge in [0.05, 0.1) is 6.04 Å². The largest absolute Gasteiger partial charge is 0.344 e. The SMILES string of the molecule is C[C@@H]([NH2+]CC(=O)N[C@H]1CCCc2ccccc21)c1ccc(F)cc1F. The van der Waals surface area contributed by atoms with E-state index in [0.29, 0.717) is 5.56 Å². The number of hydrogen-bond donors (Lipinski definition) is 2. The van der Waals surface area contributed by atoms with Crippen LogP contribution in [0.1, 0.15) is 48.5 Å². The summed E-state index contributed by atoms with van der Waals surface area (Å²) >= 11 is 0. The van der Waals surface area contributed by atoms with Crippen LogP contribution >= 0.6 is 0 Å². The van der Waals surface area contributed by atoms with Crippen LogP contribution in [0.2, 0.25) is 0 Å². The highest BCUT2D eigenvalue weighted by molar-refractivity contribution is 5.77. The number of benzene rings is 2. The Morgan fingerprint density at radius 3 is 2.88 bits per heavy atom. The van der Waals surface area contributed by atoms with Gasteiger partial charge in [0.15, 0.2) is 6.54 Å². The van der Waals surface area contributed by atoms with Gasteiger partial charge >= 0.3 is 0 Å². The van der Waals surface area contributed by atoms with Crippen molar-refractivity contribution in [1.29, 1.82) is 0 Å². The monoisotopic (exact) mass is 345 g/mol. The summed E-state index contributed by atoms with van der Waals surface area (Å²) < 4.78 is 26.8. The van der Waals surface area contributed by atoms with E-state index in [9.17, 15) is 13.6 Å². The lowest BCUT2D eigenvalue weighted by Gasteiger charge is -2.26.